The van der Waals surface area contributed by atoms with Crippen molar-refractivity contribution in [2.45, 2.75) is 13.0 Å². The lowest BCUT2D eigenvalue weighted by Gasteiger charge is -2.29. The number of benzene rings is 3. The van der Waals surface area contributed by atoms with E-state index in [4.69, 9.17) is 0 Å². The van der Waals surface area contributed by atoms with Gasteiger partial charge in [-0.1, -0.05) is 78.9 Å². The van der Waals surface area contributed by atoms with Crippen LogP contribution < -0.4 is 0 Å². The number of thioether (sulfide) groups is 1. The van der Waals surface area contributed by atoms with Gasteiger partial charge in [0.25, 0.3) is 11.1 Å². The van der Waals surface area contributed by atoms with E-state index in [0.717, 1.165) is 45.3 Å². The summed E-state index contributed by atoms with van der Waals surface area (Å²) in [7, 11) is 0. The van der Waals surface area contributed by atoms with Crippen molar-refractivity contribution in [1.82, 2.24) is 9.80 Å². The molecule has 164 valence electrons. The molecule has 0 aliphatic carbocycles. The molecule has 0 atom stereocenters. The normalized spacial score (nSPS) is 16.9. The highest BCUT2D eigenvalue weighted by Gasteiger charge is 2.37. The Balaban J connectivity index is 1.26. The number of rotatable bonds is 4. The molecule has 3 aromatic rings. The molecule has 0 spiro atoms. The second-order valence-electron chi connectivity index (χ2n) is 8.09. The first-order valence-corrected chi connectivity index (χ1v) is 11.7. The van der Waals surface area contributed by atoms with E-state index in [2.05, 4.69) is 6.07 Å². The molecule has 1 fully saturated rings. The number of fused-ring (bicyclic) bond motifs is 1. The Bertz CT molecular complexity index is 1250. The minimum atomic E-state index is -0.414. The van der Waals surface area contributed by atoms with Crippen molar-refractivity contribution in [3.8, 4) is 11.1 Å². The Morgan fingerprint density at radius 1 is 0.848 bits per heavy atom. The van der Waals surface area contributed by atoms with Crippen LogP contribution in [0.25, 0.3) is 17.2 Å². The summed E-state index contributed by atoms with van der Waals surface area (Å²) in [5.41, 5.74) is 5.39. The molecule has 5 nitrogen and oxygen atoms in total. The molecule has 0 bridgehead atoms. The molecule has 2 aliphatic heterocycles. The average Bonchev–Trinajstić information content (AvgIpc) is 3.12. The second kappa shape index (κ2) is 9.08. The van der Waals surface area contributed by atoms with Gasteiger partial charge in [-0.05, 0) is 52.1 Å². The van der Waals surface area contributed by atoms with Gasteiger partial charge in [-0.25, -0.2) is 0 Å². The molecule has 0 unspecified atom stereocenters. The lowest BCUT2D eigenvalue weighted by Crippen LogP contribution is -2.44. The third-order valence-corrected chi connectivity index (χ3v) is 6.87. The van der Waals surface area contributed by atoms with Crippen molar-refractivity contribution in [1.29, 1.82) is 0 Å². The Hall–Kier alpha value is -3.64. The monoisotopic (exact) mass is 454 g/mol. The smallest absolute Gasteiger partial charge is 0.294 e. The number of nitrogens with zero attached hydrogens (tertiary/aromatic N) is 2. The number of hydrogen-bond donors (Lipinski definition) is 0. The van der Waals surface area contributed by atoms with Crippen molar-refractivity contribution in [2.75, 3.05) is 13.1 Å². The van der Waals surface area contributed by atoms with Crippen molar-refractivity contribution in [3.63, 3.8) is 0 Å². The van der Waals surface area contributed by atoms with E-state index in [1.54, 1.807) is 11.0 Å². The third kappa shape index (κ3) is 4.47. The topological polar surface area (TPSA) is 57.7 Å². The second-order valence-corrected chi connectivity index (χ2v) is 9.08. The van der Waals surface area contributed by atoms with Gasteiger partial charge in [0, 0.05) is 13.1 Å². The molecule has 3 amide bonds. The van der Waals surface area contributed by atoms with Gasteiger partial charge < -0.3 is 4.90 Å². The molecule has 6 heteroatoms. The molecule has 33 heavy (non-hydrogen) atoms. The van der Waals surface area contributed by atoms with Crippen LogP contribution in [0.1, 0.15) is 16.7 Å². The third-order valence-electron chi connectivity index (χ3n) is 5.97. The first-order valence-electron chi connectivity index (χ1n) is 10.8. The molecule has 0 saturated carbocycles. The lowest BCUT2D eigenvalue weighted by atomic mass is 10.00. The SMILES string of the molecule is O=C(CN1C(=O)S/C(=C\c2ccc(-c3ccccc3)cc2)C1=O)N1CCc2ccccc2C1. The quantitative estimate of drug-likeness (QED) is 0.522. The van der Waals surface area contributed by atoms with E-state index >= 15 is 0 Å². The minimum absolute atomic E-state index is 0.208. The summed E-state index contributed by atoms with van der Waals surface area (Å²) in [6, 6.07) is 25.9. The molecule has 0 radical (unpaired) electrons. The number of carbonyl (C=O) groups excluding carboxylic acids is 3. The van der Waals surface area contributed by atoms with Crippen LogP contribution in [0.2, 0.25) is 0 Å². The molecule has 0 aromatic heterocycles. The summed E-state index contributed by atoms with van der Waals surface area (Å²) in [5, 5.41) is -0.405. The Labute approximate surface area is 196 Å². The summed E-state index contributed by atoms with van der Waals surface area (Å²) >= 11 is 0.882. The van der Waals surface area contributed by atoms with Gasteiger partial charge in [-0.2, -0.15) is 0 Å². The van der Waals surface area contributed by atoms with Crippen LogP contribution in [0.15, 0.2) is 83.8 Å². The van der Waals surface area contributed by atoms with Crippen molar-refractivity contribution < 1.29 is 14.4 Å². The van der Waals surface area contributed by atoms with Gasteiger partial charge >= 0.3 is 0 Å². The van der Waals surface area contributed by atoms with Crippen molar-refractivity contribution in [3.05, 3.63) is 100 Å². The van der Waals surface area contributed by atoms with E-state index in [1.165, 1.54) is 5.56 Å². The lowest BCUT2D eigenvalue weighted by molar-refractivity contribution is -0.136. The van der Waals surface area contributed by atoms with Crippen LogP contribution in [0.3, 0.4) is 0 Å². The van der Waals surface area contributed by atoms with E-state index in [1.807, 2.05) is 72.8 Å². The number of amides is 3. The summed E-state index contributed by atoms with van der Waals surface area (Å²) in [4.78, 5) is 41.3. The average molecular weight is 455 g/mol. The highest BCUT2D eigenvalue weighted by atomic mass is 32.2. The summed E-state index contributed by atoms with van der Waals surface area (Å²) in [6.45, 7) is 0.877. The first-order chi connectivity index (χ1) is 16.1. The standard InChI is InChI=1S/C27H22N2O3S/c30-25(28-15-14-21-8-4-5-9-23(21)17-28)18-29-26(31)24(33-27(29)32)16-19-10-12-22(13-11-19)20-6-2-1-3-7-20/h1-13,16H,14-15,17-18H2/b24-16-. The van der Waals surface area contributed by atoms with Crippen LogP contribution in [0.4, 0.5) is 4.79 Å². The highest BCUT2D eigenvalue weighted by Crippen LogP contribution is 2.33. The minimum Gasteiger partial charge on any atom is -0.336 e. The molecular formula is C27H22N2O3S. The van der Waals surface area contributed by atoms with E-state index in [9.17, 15) is 14.4 Å². The van der Waals surface area contributed by atoms with Gasteiger partial charge in [0.1, 0.15) is 6.54 Å². The Morgan fingerprint density at radius 2 is 1.52 bits per heavy atom. The predicted octanol–water partition coefficient (Wildman–Crippen LogP) is 4.97. The van der Waals surface area contributed by atoms with Gasteiger partial charge in [-0.15, -0.1) is 0 Å². The molecular weight excluding hydrogens is 432 g/mol. The van der Waals surface area contributed by atoms with Gasteiger partial charge in [0.2, 0.25) is 5.91 Å². The molecule has 0 N–H and O–H groups in total. The Morgan fingerprint density at radius 3 is 2.27 bits per heavy atom. The van der Waals surface area contributed by atoms with Crippen LogP contribution in [0, 0.1) is 0 Å². The van der Waals surface area contributed by atoms with Crippen LogP contribution in [-0.2, 0) is 22.6 Å². The fourth-order valence-corrected chi connectivity index (χ4v) is 4.97. The zero-order valence-electron chi connectivity index (χ0n) is 17.9. The largest absolute Gasteiger partial charge is 0.336 e. The van der Waals surface area contributed by atoms with E-state index < -0.39 is 11.1 Å². The maximum atomic E-state index is 12.9. The van der Waals surface area contributed by atoms with Gasteiger partial charge in [0.15, 0.2) is 0 Å². The fraction of sp³-hybridized carbons (Fsp3) is 0.148. The number of imide groups is 1. The van der Waals surface area contributed by atoms with E-state index in [0.29, 0.717) is 18.0 Å². The maximum absolute atomic E-state index is 12.9. The Kier molecular flexibility index (Phi) is 5.84. The number of hydrogen-bond acceptors (Lipinski definition) is 4. The number of carbonyl (C=O) groups is 3. The zero-order valence-corrected chi connectivity index (χ0v) is 18.8. The summed E-state index contributed by atoms with van der Waals surface area (Å²) in [5.74, 6) is -0.622. The van der Waals surface area contributed by atoms with Gasteiger partial charge in [-0.3, -0.25) is 19.3 Å². The van der Waals surface area contributed by atoms with Crippen LogP contribution in [0.5, 0.6) is 0 Å². The van der Waals surface area contributed by atoms with Crippen molar-refractivity contribution >= 4 is 34.9 Å². The summed E-state index contributed by atoms with van der Waals surface area (Å²) in [6.07, 6.45) is 2.49. The zero-order chi connectivity index (χ0) is 22.8. The molecule has 3 aromatic carbocycles. The molecule has 2 heterocycles. The predicted molar refractivity (Wildman–Crippen MR) is 130 cm³/mol. The molecule has 5 rings (SSSR count). The fourth-order valence-electron chi connectivity index (χ4n) is 4.13. The molecule has 2 aliphatic rings. The summed E-state index contributed by atoms with van der Waals surface area (Å²) < 4.78 is 0. The first kappa shape index (κ1) is 21.2. The van der Waals surface area contributed by atoms with Gasteiger partial charge in [0.05, 0.1) is 4.91 Å². The maximum Gasteiger partial charge on any atom is 0.294 e. The van der Waals surface area contributed by atoms with Crippen LogP contribution in [-0.4, -0.2) is 39.9 Å². The van der Waals surface area contributed by atoms with Crippen LogP contribution >= 0.6 is 11.8 Å². The van der Waals surface area contributed by atoms with Crippen molar-refractivity contribution in [2.24, 2.45) is 0 Å². The van der Waals surface area contributed by atoms with E-state index in [-0.39, 0.29) is 12.5 Å². The molecule has 1 saturated heterocycles. The highest BCUT2D eigenvalue weighted by molar-refractivity contribution is 8.18.